The Morgan fingerprint density at radius 3 is 3.00 bits per heavy atom. The number of aryl methyl sites for hydroxylation is 1. The van der Waals surface area contributed by atoms with Crippen LogP contribution in [0.2, 0.25) is 0 Å². The Labute approximate surface area is 87.9 Å². The number of nitrogens with two attached hydrogens (primary N) is 1. The first kappa shape index (κ1) is 9.79. The van der Waals surface area contributed by atoms with Crippen molar-refractivity contribution < 1.29 is 0 Å². The Morgan fingerprint density at radius 1 is 1.40 bits per heavy atom. The molecule has 0 aliphatic rings. The molecule has 0 radical (unpaired) electrons. The van der Waals surface area contributed by atoms with Gasteiger partial charge >= 0.3 is 0 Å². The summed E-state index contributed by atoms with van der Waals surface area (Å²) in [6, 6.07) is 8.04. The molecular formula is C10H13N5. The van der Waals surface area contributed by atoms with Crippen LogP contribution in [0.15, 0.2) is 24.3 Å². The SMILES string of the molecule is Cc1cccc(-n2nnnc2CCN)c1. The van der Waals surface area contributed by atoms with Crippen LogP contribution in [0.4, 0.5) is 0 Å². The third-order valence-electron chi connectivity index (χ3n) is 2.15. The number of aromatic nitrogens is 4. The van der Waals surface area contributed by atoms with Gasteiger partial charge in [-0.25, -0.2) is 0 Å². The summed E-state index contributed by atoms with van der Waals surface area (Å²) in [5.41, 5.74) is 7.65. The first-order chi connectivity index (χ1) is 7.31. The van der Waals surface area contributed by atoms with E-state index in [-0.39, 0.29) is 0 Å². The zero-order chi connectivity index (χ0) is 10.7. The molecule has 1 aromatic heterocycles. The van der Waals surface area contributed by atoms with Crippen molar-refractivity contribution in [2.75, 3.05) is 6.54 Å². The number of hydrogen-bond acceptors (Lipinski definition) is 4. The van der Waals surface area contributed by atoms with Crippen LogP contribution in [0.3, 0.4) is 0 Å². The monoisotopic (exact) mass is 203 g/mol. The Balaban J connectivity index is 2.40. The molecule has 0 saturated carbocycles. The Morgan fingerprint density at radius 2 is 2.27 bits per heavy atom. The normalized spacial score (nSPS) is 10.5. The molecule has 2 N–H and O–H groups in total. The minimum Gasteiger partial charge on any atom is -0.330 e. The molecule has 5 heteroatoms. The zero-order valence-corrected chi connectivity index (χ0v) is 8.59. The molecule has 0 atom stereocenters. The molecule has 0 fully saturated rings. The highest BCUT2D eigenvalue weighted by Crippen LogP contribution is 2.09. The molecule has 0 bridgehead atoms. The summed E-state index contributed by atoms with van der Waals surface area (Å²) >= 11 is 0. The summed E-state index contributed by atoms with van der Waals surface area (Å²) in [7, 11) is 0. The van der Waals surface area contributed by atoms with Crippen molar-refractivity contribution in [2.45, 2.75) is 13.3 Å². The maximum atomic E-state index is 5.49. The molecule has 1 aromatic carbocycles. The van der Waals surface area contributed by atoms with Gasteiger partial charge in [0.15, 0.2) is 5.82 Å². The largest absolute Gasteiger partial charge is 0.330 e. The van der Waals surface area contributed by atoms with E-state index in [2.05, 4.69) is 15.5 Å². The van der Waals surface area contributed by atoms with Crippen LogP contribution in [-0.2, 0) is 6.42 Å². The first-order valence-electron chi connectivity index (χ1n) is 4.85. The van der Waals surface area contributed by atoms with Gasteiger partial charge in [0, 0.05) is 6.42 Å². The highest BCUT2D eigenvalue weighted by molar-refractivity contribution is 5.34. The number of benzene rings is 1. The van der Waals surface area contributed by atoms with Crippen LogP contribution in [-0.4, -0.2) is 26.8 Å². The summed E-state index contributed by atoms with van der Waals surface area (Å²) < 4.78 is 1.72. The molecule has 1 heterocycles. The summed E-state index contributed by atoms with van der Waals surface area (Å²) in [6.07, 6.45) is 0.681. The van der Waals surface area contributed by atoms with Gasteiger partial charge in [-0.3, -0.25) is 0 Å². The van der Waals surface area contributed by atoms with Crippen LogP contribution in [0.25, 0.3) is 5.69 Å². The lowest BCUT2D eigenvalue weighted by atomic mass is 10.2. The molecule has 0 unspecified atom stereocenters. The van der Waals surface area contributed by atoms with Crippen molar-refractivity contribution in [1.29, 1.82) is 0 Å². The second-order valence-corrected chi connectivity index (χ2v) is 3.38. The third-order valence-corrected chi connectivity index (χ3v) is 2.15. The maximum absolute atomic E-state index is 5.49. The van der Waals surface area contributed by atoms with Gasteiger partial charge in [-0.15, -0.1) is 5.10 Å². The lowest BCUT2D eigenvalue weighted by Gasteiger charge is -2.03. The number of hydrogen-bond donors (Lipinski definition) is 1. The fourth-order valence-electron chi connectivity index (χ4n) is 1.45. The van der Waals surface area contributed by atoms with Crippen molar-refractivity contribution in [3.63, 3.8) is 0 Å². The fourth-order valence-corrected chi connectivity index (χ4v) is 1.45. The number of rotatable bonds is 3. The summed E-state index contributed by atoms with van der Waals surface area (Å²) in [5, 5.41) is 11.5. The van der Waals surface area contributed by atoms with E-state index in [0.29, 0.717) is 13.0 Å². The van der Waals surface area contributed by atoms with E-state index in [9.17, 15) is 0 Å². The van der Waals surface area contributed by atoms with Gasteiger partial charge < -0.3 is 5.73 Å². The number of nitrogens with zero attached hydrogens (tertiary/aromatic N) is 4. The van der Waals surface area contributed by atoms with E-state index >= 15 is 0 Å². The predicted octanol–water partition coefficient (Wildman–Crippen LogP) is 0.472. The minimum atomic E-state index is 0.548. The molecule has 5 nitrogen and oxygen atoms in total. The van der Waals surface area contributed by atoms with Crippen molar-refractivity contribution in [3.05, 3.63) is 35.7 Å². The molecule has 2 aromatic rings. The molecule has 2 rings (SSSR count). The summed E-state index contributed by atoms with van der Waals surface area (Å²) in [6.45, 7) is 2.59. The van der Waals surface area contributed by atoms with Gasteiger partial charge in [0.1, 0.15) is 0 Å². The second-order valence-electron chi connectivity index (χ2n) is 3.38. The van der Waals surface area contributed by atoms with Gasteiger partial charge in [0.25, 0.3) is 0 Å². The van der Waals surface area contributed by atoms with Crippen molar-refractivity contribution in [1.82, 2.24) is 20.2 Å². The van der Waals surface area contributed by atoms with Crippen LogP contribution in [0.5, 0.6) is 0 Å². The van der Waals surface area contributed by atoms with Gasteiger partial charge in [0.05, 0.1) is 5.69 Å². The smallest absolute Gasteiger partial charge is 0.157 e. The molecule has 0 aliphatic heterocycles. The lowest BCUT2D eigenvalue weighted by Crippen LogP contribution is -2.09. The predicted molar refractivity (Wildman–Crippen MR) is 56.6 cm³/mol. The van der Waals surface area contributed by atoms with Gasteiger partial charge in [-0.05, 0) is 41.6 Å². The summed E-state index contributed by atoms with van der Waals surface area (Å²) in [5.74, 6) is 0.795. The molecule has 0 amide bonds. The maximum Gasteiger partial charge on any atom is 0.157 e. The van der Waals surface area contributed by atoms with Gasteiger partial charge in [-0.1, -0.05) is 12.1 Å². The minimum absolute atomic E-state index is 0.548. The molecule has 0 aliphatic carbocycles. The molecular weight excluding hydrogens is 190 g/mol. The molecule has 78 valence electrons. The second kappa shape index (κ2) is 4.18. The third kappa shape index (κ3) is 2.02. The molecule has 0 spiro atoms. The van der Waals surface area contributed by atoms with Crippen LogP contribution >= 0.6 is 0 Å². The first-order valence-corrected chi connectivity index (χ1v) is 4.85. The van der Waals surface area contributed by atoms with E-state index in [4.69, 9.17) is 5.73 Å². The van der Waals surface area contributed by atoms with Crippen LogP contribution in [0.1, 0.15) is 11.4 Å². The quantitative estimate of drug-likeness (QED) is 0.787. The zero-order valence-electron chi connectivity index (χ0n) is 8.59. The van der Waals surface area contributed by atoms with Gasteiger partial charge in [0.2, 0.25) is 0 Å². The lowest BCUT2D eigenvalue weighted by molar-refractivity contribution is 0.754. The fraction of sp³-hybridized carbons (Fsp3) is 0.300. The Bertz CT molecular complexity index is 449. The molecule has 0 saturated heterocycles. The standard InChI is InChI=1S/C10H13N5/c1-8-3-2-4-9(7-8)15-10(5-6-11)12-13-14-15/h2-4,7H,5-6,11H2,1H3. The average molecular weight is 203 g/mol. The van der Waals surface area contributed by atoms with E-state index in [1.54, 1.807) is 4.68 Å². The van der Waals surface area contributed by atoms with E-state index in [0.717, 1.165) is 11.5 Å². The Hall–Kier alpha value is -1.75. The van der Waals surface area contributed by atoms with E-state index < -0.39 is 0 Å². The highest BCUT2D eigenvalue weighted by Gasteiger charge is 2.06. The van der Waals surface area contributed by atoms with Crippen molar-refractivity contribution in [2.24, 2.45) is 5.73 Å². The highest BCUT2D eigenvalue weighted by atomic mass is 15.5. The van der Waals surface area contributed by atoms with Crippen LogP contribution < -0.4 is 5.73 Å². The van der Waals surface area contributed by atoms with E-state index in [1.165, 1.54) is 5.56 Å². The molecule has 15 heavy (non-hydrogen) atoms. The number of tetrazole rings is 1. The van der Waals surface area contributed by atoms with E-state index in [1.807, 2.05) is 31.2 Å². The Kier molecular flexibility index (Phi) is 2.73. The van der Waals surface area contributed by atoms with Gasteiger partial charge in [-0.2, -0.15) is 4.68 Å². The van der Waals surface area contributed by atoms with Crippen LogP contribution in [0, 0.1) is 6.92 Å². The topological polar surface area (TPSA) is 69.6 Å². The van der Waals surface area contributed by atoms with Crippen molar-refractivity contribution >= 4 is 0 Å². The average Bonchev–Trinajstić information content (AvgIpc) is 2.66. The van der Waals surface area contributed by atoms with Crippen molar-refractivity contribution in [3.8, 4) is 5.69 Å². The summed E-state index contributed by atoms with van der Waals surface area (Å²) in [4.78, 5) is 0.